The number of para-hydroxylation sites is 1. The predicted octanol–water partition coefficient (Wildman–Crippen LogP) is 3.94. The van der Waals surface area contributed by atoms with Crippen molar-refractivity contribution in [1.29, 1.82) is 0 Å². The predicted molar refractivity (Wildman–Crippen MR) is 85.1 cm³/mol. The van der Waals surface area contributed by atoms with Gasteiger partial charge >= 0.3 is 0 Å². The first kappa shape index (κ1) is 14.6. The molecule has 114 valence electrons. The number of nitrogens with zero attached hydrogens (tertiary/aromatic N) is 1. The van der Waals surface area contributed by atoms with Crippen LogP contribution in [0.15, 0.2) is 48.7 Å². The van der Waals surface area contributed by atoms with Crippen LogP contribution in [0.3, 0.4) is 0 Å². The Morgan fingerprint density at radius 2 is 1.82 bits per heavy atom. The summed E-state index contributed by atoms with van der Waals surface area (Å²) in [5.74, 6) is 0.917. The van der Waals surface area contributed by atoms with Crippen molar-refractivity contribution in [2.24, 2.45) is 0 Å². The van der Waals surface area contributed by atoms with Crippen LogP contribution < -0.4 is 10.1 Å². The van der Waals surface area contributed by atoms with Gasteiger partial charge in [-0.15, -0.1) is 0 Å². The molecule has 4 heteroatoms. The number of benzene rings is 1. The van der Waals surface area contributed by atoms with Gasteiger partial charge in [-0.1, -0.05) is 37.5 Å². The summed E-state index contributed by atoms with van der Waals surface area (Å²) in [5.41, 5.74) is 0.483. The highest BCUT2D eigenvalue weighted by Gasteiger charge is 2.19. The maximum absolute atomic E-state index is 12.5. The summed E-state index contributed by atoms with van der Waals surface area (Å²) in [4.78, 5) is 16.7. The topological polar surface area (TPSA) is 51.2 Å². The largest absolute Gasteiger partial charge is 0.438 e. The van der Waals surface area contributed by atoms with Crippen LogP contribution in [0.4, 0.5) is 0 Å². The van der Waals surface area contributed by atoms with Gasteiger partial charge in [0.25, 0.3) is 5.91 Å². The first-order valence-corrected chi connectivity index (χ1v) is 7.82. The average Bonchev–Trinajstić information content (AvgIpc) is 2.57. The Labute approximate surface area is 130 Å². The van der Waals surface area contributed by atoms with E-state index in [1.165, 1.54) is 19.3 Å². The first-order valence-electron chi connectivity index (χ1n) is 7.82. The Balaban J connectivity index is 1.74. The molecule has 1 amide bonds. The van der Waals surface area contributed by atoms with Crippen LogP contribution in [-0.4, -0.2) is 16.9 Å². The zero-order chi connectivity index (χ0) is 15.2. The van der Waals surface area contributed by atoms with E-state index in [1.54, 1.807) is 18.3 Å². The lowest BCUT2D eigenvalue weighted by atomic mass is 9.95. The minimum Gasteiger partial charge on any atom is -0.438 e. The summed E-state index contributed by atoms with van der Waals surface area (Å²) in [6.45, 7) is 0. The van der Waals surface area contributed by atoms with E-state index in [-0.39, 0.29) is 11.9 Å². The second kappa shape index (κ2) is 7.07. The molecular weight excluding hydrogens is 276 g/mol. The van der Waals surface area contributed by atoms with Crippen molar-refractivity contribution in [3.05, 3.63) is 54.2 Å². The summed E-state index contributed by atoms with van der Waals surface area (Å²) in [6, 6.07) is 13.2. The van der Waals surface area contributed by atoms with Gasteiger partial charge in [-0.2, -0.15) is 0 Å². The van der Waals surface area contributed by atoms with Gasteiger partial charge in [-0.05, 0) is 37.1 Å². The highest BCUT2D eigenvalue weighted by Crippen LogP contribution is 2.23. The Morgan fingerprint density at radius 3 is 2.59 bits per heavy atom. The first-order chi connectivity index (χ1) is 10.8. The number of carbonyl (C=O) groups excluding carboxylic acids is 1. The number of carbonyl (C=O) groups is 1. The van der Waals surface area contributed by atoms with Crippen LogP contribution in [0.25, 0.3) is 0 Å². The molecule has 0 spiro atoms. The smallest absolute Gasteiger partial charge is 0.257 e. The quantitative estimate of drug-likeness (QED) is 0.929. The van der Waals surface area contributed by atoms with Crippen molar-refractivity contribution >= 4 is 5.91 Å². The van der Waals surface area contributed by atoms with Crippen molar-refractivity contribution < 1.29 is 9.53 Å². The molecule has 22 heavy (non-hydrogen) atoms. The Hall–Kier alpha value is -2.36. The standard InChI is InChI=1S/C18H20N2O2/c21-17(20-14-8-3-1-4-9-14)16-12-7-13-19-18(16)22-15-10-5-2-6-11-15/h2,5-7,10-14H,1,3-4,8-9H2,(H,20,21). The van der Waals surface area contributed by atoms with Gasteiger partial charge in [-0.3, -0.25) is 4.79 Å². The van der Waals surface area contributed by atoms with Crippen molar-refractivity contribution in [2.75, 3.05) is 0 Å². The van der Waals surface area contributed by atoms with Gasteiger partial charge in [0.15, 0.2) is 0 Å². The fourth-order valence-corrected chi connectivity index (χ4v) is 2.76. The van der Waals surface area contributed by atoms with E-state index >= 15 is 0 Å². The lowest BCUT2D eigenvalue weighted by Gasteiger charge is -2.23. The number of rotatable bonds is 4. The Morgan fingerprint density at radius 1 is 1.05 bits per heavy atom. The zero-order valence-electron chi connectivity index (χ0n) is 12.5. The van der Waals surface area contributed by atoms with Crippen LogP contribution in [0.2, 0.25) is 0 Å². The summed E-state index contributed by atoms with van der Waals surface area (Å²) in [5, 5.41) is 3.10. The minimum atomic E-state index is -0.106. The molecule has 1 aliphatic rings. The number of nitrogens with one attached hydrogen (secondary N) is 1. The van der Waals surface area contributed by atoms with Gasteiger partial charge in [0.05, 0.1) is 0 Å². The third-order valence-electron chi connectivity index (χ3n) is 3.91. The third-order valence-corrected chi connectivity index (χ3v) is 3.91. The summed E-state index contributed by atoms with van der Waals surface area (Å²) in [6.07, 6.45) is 7.38. The van der Waals surface area contributed by atoms with Gasteiger partial charge in [0.2, 0.25) is 5.88 Å². The Kier molecular flexibility index (Phi) is 4.68. The fraction of sp³-hybridized carbons (Fsp3) is 0.333. The molecule has 0 radical (unpaired) electrons. The number of aromatic nitrogens is 1. The highest BCUT2D eigenvalue weighted by molar-refractivity contribution is 5.96. The zero-order valence-corrected chi connectivity index (χ0v) is 12.5. The lowest BCUT2D eigenvalue weighted by molar-refractivity contribution is 0.0924. The molecule has 2 aromatic rings. The molecule has 1 aliphatic carbocycles. The molecule has 1 aromatic carbocycles. The van der Waals surface area contributed by atoms with Crippen molar-refractivity contribution in [1.82, 2.24) is 10.3 Å². The van der Waals surface area contributed by atoms with Crippen molar-refractivity contribution in [2.45, 2.75) is 38.1 Å². The third kappa shape index (κ3) is 3.64. The van der Waals surface area contributed by atoms with Gasteiger partial charge in [0, 0.05) is 12.2 Å². The monoisotopic (exact) mass is 296 g/mol. The van der Waals surface area contributed by atoms with E-state index in [1.807, 2.05) is 30.3 Å². The molecule has 1 N–H and O–H groups in total. The van der Waals surface area contributed by atoms with Crippen LogP contribution in [0, 0.1) is 0 Å². The maximum Gasteiger partial charge on any atom is 0.257 e. The molecule has 1 heterocycles. The molecule has 0 bridgehead atoms. The van der Waals surface area contributed by atoms with Crippen molar-refractivity contribution in [3.8, 4) is 11.6 Å². The second-order valence-electron chi connectivity index (χ2n) is 5.58. The van der Waals surface area contributed by atoms with Crippen LogP contribution in [0.1, 0.15) is 42.5 Å². The van der Waals surface area contributed by atoms with E-state index in [0.717, 1.165) is 12.8 Å². The van der Waals surface area contributed by atoms with Crippen LogP contribution in [0.5, 0.6) is 11.6 Å². The molecule has 1 saturated carbocycles. The molecule has 3 rings (SSSR count). The molecule has 0 saturated heterocycles. The van der Waals surface area contributed by atoms with Gasteiger partial charge in [0.1, 0.15) is 11.3 Å². The van der Waals surface area contributed by atoms with E-state index in [2.05, 4.69) is 10.3 Å². The van der Waals surface area contributed by atoms with E-state index in [9.17, 15) is 4.79 Å². The maximum atomic E-state index is 12.5. The summed E-state index contributed by atoms with van der Waals surface area (Å²) >= 11 is 0. The van der Waals surface area contributed by atoms with E-state index < -0.39 is 0 Å². The molecule has 1 fully saturated rings. The van der Waals surface area contributed by atoms with Gasteiger partial charge < -0.3 is 10.1 Å². The number of pyridine rings is 1. The van der Waals surface area contributed by atoms with E-state index in [4.69, 9.17) is 4.74 Å². The molecule has 0 unspecified atom stereocenters. The lowest BCUT2D eigenvalue weighted by Crippen LogP contribution is -2.36. The second-order valence-corrected chi connectivity index (χ2v) is 5.58. The number of hydrogen-bond donors (Lipinski definition) is 1. The summed E-state index contributed by atoms with van der Waals surface area (Å²) < 4.78 is 5.75. The van der Waals surface area contributed by atoms with Crippen LogP contribution >= 0.6 is 0 Å². The summed E-state index contributed by atoms with van der Waals surface area (Å²) in [7, 11) is 0. The normalized spacial score (nSPS) is 15.3. The molecular formula is C18H20N2O2. The minimum absolute atomic E-state index is 0.106. The van der Waals surface area contributed by atoms with Crippen LogP contribution in [-0.2, 0) is 0 Å². The highest BCUT2D eigenvalue weighted by atomic mass is 16.5. The molecule has 1 aromatic heterocycles. The number of amides is 1. The van der Waals surface area contributed by atoms with E-state index in [0.29, 0.717) is 17.2 Å². The molecule has 0 atom stereocenters. The average molecular weight is 296 g/mol. The molecule has 4 nitrogen and oxygen atoms in total. The number of hydrogen-bond acceptors (Lipinski definition) is 3. The molecule has 0 aliphatic heterocycles. The fourth-order valence-electron chi connectivity index (χ4n) is 2.76. The number of ether oxygens (including phenoxy) is 1. The van der Waals surface area contributed by atoms with Crippen molar-refractivity contribution in [3.63, 3.8) is 0 Å². The SMILES string of the molecule is O=C(NC1CCCCC1)c1cccnc1Oc1ccccc1. The van der Waals surface area contributed by atoms with Gasteiger partial charge in [-0.25, -0.2) is 4.98 Å². The Bertz CT molecular complexity index is 622.